The van der Waals surface area contributed by atoms with Crippen molar-refractivity contribution >= 4 is 34.0 Å². The SMILES string of the molecule is CCN1C(=O)c2cccc3c(NC(=O)c4ccc(Cc5ccccc5)cc4)ccc1c23. The maximum absolute atomic E-state index is 12.9. The van der Waals surface area contributed by atoms with Crippen LogP contribution in [0.15, 0.2) is 84.9 Å². The van der Waals surface area contributed by atoms with Crippen molar-refractivity contribution in [1.29, 1.82) is 0 Å². The highest BCUT2D eigenvalue weighted by Crippen LogP contribution is 2.40. The van der Waals surface area contributed by atoms with E-state index in [1.54, 1.807) is 4.90 Å². The standard InChI is InChI=1S/C27H22N2O2/c1-2-29-24-16-15-23(21-9-6-10-22(25(21)24)27(29)31)28-26(30)20-13-11-19(12-14-20)17-18-7-4-3-5-8-18/h3-16H,2,17H2,1H3,(H,28,30). The van der Waals surface area contributed by atoms with Crippen LogP contribution < -0.4 is 10.2 Å². The molecule has 4 nitrogen and oxygen atoms in total. The Morgan fingerprint density at radius 3 is 2.32 bits per heavy atom. The summed E-state index contributed by atoms with van der Waals surface area (Å²) in [6.45, 7) is 2.58. The van der Waals surface area contributed by atoms with Crippen LogP contribution in [0.2, 0.25) is 0 Å². The van der Waals surface area contributed by atoms with Gasteiger partial charge in [0, 0.05) is 34.1 Å². The Kier molecular flexibility index (Phi) is 4.75. The van der Waals surface area contributed by atoms with E-state index in [-0.39, 0.29) is 11.8 Å². The van der Waals surface area contributed by atoms with Gasteiger partial charge >= 0.3 is 0 Å². The first-order valence-corrected chi connectivity index (χ1v) is 10.5. The van der Waals surface area contributed by atoms with Crippen molar-refractivity contribution in [2.75, 3.05) is 16.8 Å². The van der Waals surface area contributed by atoms with Crippen LogP contribution in [0.25, 0.3) is 10.8 Å². The predicted octanol–water partition coefficient (Wildman–Crippen LogP) is 5.66. The zero-order valence-corrected chi connectivity index (χ0v) is 17.3. The topological polar surface area (TPSA) is 49.4 Å². The van der Waals surface area contributed by atoms with Crippen molar-refractivity contribution in [1.82, 2.24) is 0 Å². The Balaban J connectivity index is 1.40. The summed E-state index contributed by atoms with van der Waals surface area (Å²) in [6.07, 6.45) is 0.833. The largest absolute Gasteiger partial charge is 0.321 e. The Hall–Kier alpha value is -3.92. The predicted molar refractivity (Wildman–Crippen MR) is 125 cm³/mol. The van der Waals surface area contributed by atoms with E-state index in [9.17, 15) is 9.59 Å². The summed E-state index contributed by atoms with van der Waals surface area (Å²) in [4.78, 5) is 27.3. The van der Waals surface area contributed by atoms with Gasteiger partial charge in [-0.25, -0.2) is 0 Å². The molecule has 5 rings (SSSR count). The third-order valence-corrected chi connectivity index (χ3v) is 5.82. The number of carbonyl (C=O) groups is 2. The molecule has 0 radical (unpaired) electrons. The Morgan fingerprint density at radius 1 is 0.839 bits per heavy atom. The average molecular weight is 406 g/mol. The molecule has 152 valence electrons. The second-order valence-corrected chi connectivity index (χ2v) is 7.72. The van der Waals surface area contributed by atoms with Gasteiger partial charge in [0.2, 0.25) is 0 Å². The van der Waals surface area contributed by atoms with Crippen molar-refractivity contribution in [2.24, 2.45) is 0 Å². The maximum Gasteiger partial charge on any atom is 0.258 e. The zero-order chi connectivity index (χ0) is 21.4. The molecule has 0 saturated carbocycles. The summed E-state index contributed by atoms with van der Waals surface area (Å²) in [5.41, 5.74) is 5.31. The molecule has 4 aromatic rings. The lowest BCUT2D eigenvalue weighted by Gasteiger charge is -2.15. The van der Waals surface area contributed by atoms with Crippen LogP contribution in [0.5, 0.6) is 0 Å². The quantitative estimate of drug-likeness (QED) is 0.465. The maximum atomic E-state index is 12.9. The Labute approximate surface area is 181 Å². The molecule has 0 aliphatic carbocycles. The number of hydrogen-bond donors (Lipinski definition) is 1. The molecule has 0 aromatic heterocycles. The van der Waals surface area contributed by atoms with Crippen LogP contribution in [-0.2, 0) is 6.42 Å². The number of benzene rings is 4. The van der Waals surface area contributed by atoms with Crippen LogP contribution in [-0.4, -0.2) is 18.4 Å². The third kappa shape index (κ3) is 3.36. The van der Waals surface area contributed by atoms with E-state index in [1.807, 2.05) is 79.7 Å². The summed E-state index contributed by atoms with van der Waals surface area (Å²) >= 11 is 0. The molecule has 0 bridgehead atoms. The summed E-state index contributed by atoms with van der Waals surface area (Å²) in [6, 6.07) is 27.4. The van der Waals surface area contributed by atoms with E-state index < -0.39 is 0 Å². The second-order valence-electron chi connectivity index (χ2n) is 7.72. The molecule has 1 aliphatic heterocycles. The Bertz CT molecular complexity index is 1290. The highest BCUT2D eigenvalue weighted by Gasteiger charge is 2.29. The van der Waals surface area contributed by atoms with Crippen molar-refractivity contribution < 1.29 is 9.59 Å². The van der Waals surface area contributed by atoms with Gasteiger partial charge < -0.3 is 10.2 Å². The fourth-order valence-corrected chi connectivity index (χ4v) is 4.27. The van der Waals surface area contributed by atoms with Gasteiger partial charge in [0.05, 0.1) is 5.69 Å². The van der Waals surface area contributed by atoms with E-state index in [1.165, 1.54) is 5.56 Å². The van der Waals surface area contributed by atoms with Gasteiger partial charge in [-0.3, -0.25) is 9.59 Å². The first-order valence-electron chi connectivity index (χ1n) is 10.5. The van der Waals surface area contributed by atoms with Crippen molar-refractivity contribution in [3.05, 3.63) is 107 Å². The molecule has 0 saturated heterocycles. The molecule has 1 heterocycles. The Morgan fingerprint density at radius 2 is 1.58 bits per heavy atom. The molecule has 1 N–H and O–H groups in total. The van der Waals surface area contributed by atoms with E-state index in [0.717, 1.165) is 28.4 Å². The van der Waals surface area contributed by atoms with Crippen LogP contribution in [0.1, 0.15) is 38.8 Å². The van der Waals surface area contributed by atoms with Crippen LogP contribution in [0.4, 0.5) is 11.4 Å². The first kappa shape index (κ1) is 19.1. The van der Waals surface area contributed by atoms with Gasteiger partial charge in [-0.1, -0.05) is 54.6 Å². The normalized spacial score (nSPS) is 12.4. The molecule has 0 fully saturated rings. The van der Waals surface area contributed by atoms with Crippen LogP contribution in [0, 0.1) is 0 Å². The van der Waals surface area contributed by atoms with E-state index in [2.05, 4.69) is 17.4 Å². The lowest BCUT2D eigenvalue weighted by Crippen LogP contribution is -2.25. The molecule has 0 atom stereocenters. The fraction of sp³-hybridized carbons (Fsp3) is 0.111. The monoisotopic (exact) mass is 406 g/mol. The molecular formula is C27H22N2O2. The van der Waals surface area contributed by atoms with Crippen molar-refractivity contribution in [3.63, 3.8) is 0 Å². The minimum absolute atomic E-state index is 0.0144. The molecule has 4 heteroatoms. The highest BCUT2D eigenvalue weighted by molar-refractivity contribution is 6.27. The third-order valence-electron chi connectivity index (χ3n) is 5.82. The highest BCUT2D eigenvalue weighted by atomic mass is 16.2. The molecule has 31 heavy (non-hydrogen) atoms. The number of nitrogens with one attached hydrogen (secondary N) is 1. The smallest absolute Gasteiger partial charge is 0.258 e. The first-order chi connectivity index (χ1) is 15.2. The minimum atomic E-state index is -0.163. The van der Waals surface area contributed by atoms with Gasteiger partial charge in [-0.2, -0.15) is 0 Å². The number of amides is 2. The second kappa shape index (κ2) is 7.73. The van der Waals surface area contributed by atoms with E-state index in [0.29, 0.717) is 23.4 Å². The van der Waals surface area contributed by atoms with Crippen LogP contribution in [0.3, 0.4) is 0 Å². The van der Waals surface area contributed by atoms with Crippen molar-refractivity contribution in [2.45, 2.75) is 13.3 Å². The minimum Gasteiger partial charge on any atom is -0.321 e. The molecule has 4 aromatic carbocycles. The van der Waals surface area contributed by atoms with Gasteiger partial charge in [0.25, 0.3) is 11.8 Å². The van der Waals surface area contributed by atoms with E-state index >= 15 is 0 Å². The summed E-state index contributed by atoms with van der Waals surface area (Å²) in [5.74, 6) is -0.149. The van der Waals surface area contributed by atoms with Crippen LogP contribution >= 0.6 is 0 Å². The molecule has 0 spiro atoms. The van der Waals surface area contributed by atoms with Crippen molar-refractivity contribution in [3.8, 4) is 0 Å². The van der Waals surface area contributed by atoms with Gasteiger partial charge in [-0.15, -0.1) is 0 Å². The van der Waals surface area contributed by atoms with Gasteiger partial charge in [-0.05, 0) is 54.8 Å². The molecule has 0 unspecified atom stereocenters. The number of hydrogen-bond acceptors (Lipinski definition) is 2. The lowest BCUT2D eigenvalue weighted by molar-refractivity contribution is 0.0992. The molecule has 2 amide bonds. The summed E-state index contributed by atoms with van der Waals surface area (Å²) in [7, 11) is 0. The number of rotatable bonds is 5. The zero-order valence-electron chi connectivity index (χ0n) is 17.3. The lowest BCUT2D eigenvalue weighted by atomic mass is 10.0. The fourth-order valence-electron chi connectivity index (χ4n) is 4.27. The molecule has 1 aliphatic rings. The number of anilines is 2. The van der Waals surface area contributed by atoms with E-state index in [4.69, 9.17) is 0 Å². The van der Waals surface area contributed by atoms with Gasteiger partial charge in [0.15, 0.2) is 0 Å². The number of carbonyl (C=O) groups excluding carboxylic acids is 2. The average Bonchev–Trinajstić information content (AvgIpc) is 3.09. The number of nitrogens with zero attached hydrogens (tertiary/aromatic N) is 1. The molecular weight excluding hydrogens is 384 g/mol. The summed E-state index contributed by atoms with van der Waals surface area (Å²) in [5, 5.41) is 4.82. The van der Waals surface area contributed by atoms with Gasteiger partial charge in [0.1, 0.15) is 0 Å². The summed E-state index contributed by atoms with van der Waals surface area (Å²) < 4.78 is 0.